The minimum Gasteiger partial charge on any atom is -0.385 e. The summed E-state index contributed by atoms with van der Waals surface area (Å²) in [5.74, 6) is 0.118. The van der Waals surface area contributed by atoms with Gasteiger partial charge in [-0.3, -0.25) is 4.79 Å². The van der Waals surface area contributed by atoms with Crippen molar-refractivity contribution in [3.8, 4) is 0 Å². The lowest BCUT2D eigenvalue weighted by Gasteiger charge is -2.16. The minimum atomic E-state index is 0.0185. The summed E-state index contributed by atoms with van der Waals surface area (Å²) in [6.07, 6.45) is 0.856. The van der Waals surface area contributed by atoms with Gasteiger partial charge in [0.15, 0.2) is 0 Å². The van der Waals surface area contributed by atoms with E-state index >= 15 is 0 Å². The first-order chi connectivity index (χ1) is 6.61. The number of carbonyl (C=O) groups excluding carboxylic acids is 1. The Bertz CT molecular complexity index is 162. The summed E-state index contributed by atoms with van der Waals surface area (Å²) in [7, 11) is 3.51. The Kier molecular flexibility index (Phi) is 7.42. The third-order valence-corrected chi connectivity index (χ3v) is 2.10. The maximum absolute atomic E-state index is 11.5. The quantitative estimate of drug-likeness (QED) is 0.627. The van der Waals surface area contributed by atoms with Gasteiger partial charge in [-0.05, 0) is 20.4 Å². The molecular formula is C10H22N2O2. The van der Waals surface area contributed by atoms with E-state index in [9.17, 15) is 4.79 Å². The minimum absolute atomic E-state index is 0.0185. The van der Waals surface area contributed by atoms with Crippen molar-refractivity contribution in [3.05, 3.63) is 0 Å². The third-order valence-electron chi connectivity index (χ3n) is 2.10. The average molecular weight is 202 g/mol. The number of hydrogen-bond donors (Lipinski definition) is 2. The molecule has 4 heteroatoms. The van der Waals surface area contributed by atoms with E-state index in [1.54, 1.807) is 7.11 Å². The van der Waals surface area contributed by atoms with Gasteiger partial charge >= 0.3 is 0 Å². The summed E-state index contributed by atoms with van der Waals surface area (Å²) in [4.78, 5) is 11.5. The highest BCUT2D eigenvalue weighted by Crippen LogP contribution is 1.96. The highest BCUT2D eigenvalue weighted by atomic mass is 16.5. The molecule has 2 atom stereocenters. The molecule has 0 aliphatic heterocycles. The second-order valence-electron chi connectivity index (χ2n) is 3.65. The van der Waals surface area contributed by atoms with E-state index in [1.807, 2.05) is 20.9 Å². The van der Waals surface area contributed by atoms with Crippen LogP contribution in [0.15, 0.2) is 0 Å². The van der Waals surface area contributed by atoms with Crippen LogP contribution in [0.4, 0.5) is 0 Å². The molecule has 0 aliphatic carbocycles. The maximum Gasteiger partial charge on any atom is 0.224 e. The molecular weight excluding hydrogens is 180 g/mol. The van der Waals surface area contributed by atoms with Crippen LogP contribution in [0.2, 0.25) is 0 Å². The Labute approximate surface area is 86.4 Å². The Morgan fingerprint density at radius 2 is 2.07 bits per heavy atom. The summed E-state index contributed by atoms with van der Waals surface area (Å²) in [5, 5.41) is 5.92. The van der Waals surface area contributed by atoms with Crippen molar-refractivity contribution < 1.29 is 9.53 Å². The van der Waals surface area contributed by atoms with Crippen LogP contribution in [0.1, 0.15) is 20.3 Å². The Morgan fingerprint density at radius 3 is 2.57 bits per heavy atom. The molecule has 0 fully saturated rings. The molecule has 0 spiro atoms. The van der Waals surface area contributed by atoms with Crippen molar-refractivity contribution in [3.63, 3.8) is 0 Å². The molecule has 0 bridgehead atoms. The van der Waals surface area contributed by atoms with Crippen molar-refractivity contribution in [2.75, 3.05) is 27.3 Å². The van der Waals surface area contributed by atoms with Gasteiger partial charge in [0, 0.05) is 32.2 Å². The fraction of sp³-hybridized carbons (Fsp3) is 0.900. The molecule has 0 aromatic carbocycles. The fourth-order valence-electron chi connectivity index (χ4n) is 1.15. The number of ether oxygens (including phenoxy) is 1. The number of rotatable bonds is 7. The Morgan fingerprint density at radius 1 is 1.43 bits per heavy atom. The topological polar surface area (TPSA) is 50.4 Å². The van der Waals surface area contributed by atoms with Crippen molar-refractivity contribution in [2.45, 2.75) is 26.3 Å². The SMILES string of the molecule is CNCC(C)C(=O)NC(C)CCOC. The molecule has 2 unspecified atom stereocenters. The monoisotopic (exact) mass is 202 g/mol. The summed E-state index contributed by atoms with van der Waals surface area (Å²) < 4.78 is 4.94. The molecule has 14 heavy (non-hydrogen) atoms. The van der Waals surface area contributed by atoms with E-state index in [2.05, 4.69) is 10.6 Å². The molecule has 0 aromatic heterocycles. The standard InChI is InChI=1S/C10H22N2O2/c1-8(7-11-3)10(13)12-9(2)5-6-14-4/h8-9,11H,5-7H2,1-4H3,(H,12,13). The lowest BCUT2D eigenvalue weighted by atomic mass is 10.1. The zero-order chi connectivity index (χ0) is 11.0. The van der Waals surface area contributed by atoms with E-state index in [0.29, 0.717) is 13.2 Å². The average Bonchev–Trinajstić information content (AvgIpc) is 2.15. The first kappa shape index (κ1) is 13.4. The molecule has 0 aliphatic rings. The van der Waals surface area contributed by atoms with Crippen LogP contribution in [-0.4, -0.2) is 39.3 Å². The Hall–Kier alpha value is -0.610. The van der Waals surface area contributed by atoms with Crippen LogP contribution >= 0.6 is 0 Å². The van der Waals surface area contributed by atoms with Crippen LogP contribution in [0.3, 0.4) is 0 Å². The van der Waals surface area contributed by atoms with E-state index in [1.165, 1.54) is 0 Å². The normalized spacial score (nSPS) is 14.9. The first-order valence-corrected chi connectivity index (χ1v) is 5.05. The van der Waals surface area contributed by atoms with Crippen molar-refractivity contribution >= 4 is 5.91 Å². The maximum atomic E-state index is 11.5. The van der Waals surface area contributed by atoms with E-state index in [4.69, 9.17) is 4.74 Å². The number of hydrogen-bond acceptors (Lipinski definition) is 3. The molecule has 0 heterocycles. The molecule has 0 aromatic rings. The molecule has 2 N–H and O–H groups in total. The van der Waals surface area contributed by atoms with E-state index in [-0.39, 0.29) is 17.9 Å². The molecule has 0 saturated heterocycles. The second kappa shape index (κ2) is 7.76. The largest absolute Gasteiger partial charge is 0.385 e. The first-order valence-electron chi connectivity index (χ1n) is 5.05. The Balaban J connectivity index is 3.69. The summed E-state index contributed by atoms with van der Waals surface area (Å²) in [6.45, 7) is 5.29. The highest BCUT2D eigenvalue weighted by molar-refractivity contribution is 5.78. The van der Waals surface area contributed by atoms with Gasteiger partial charge in [0.2, 0.25) is 5.91 Å². The van der Waals surface area contributed by atoms with Crippen LogP contribution in [0, 0.1) is 5.92 Å². The predicted octanol–water partition coefficient (Wildman–Crippen LogP) is 0.383. The lowest BCUT2D eigenvalue weighted by molar-refractivity contribution is -0.125. The van der Waals surface area contributed by atoms with Crippen molar-refractivity contribution in [1.29, 1.82) is 0 Å². The molecule has 4 nitrogen and oxygen atoms in total. The van der Waals surface area contributed by atoms with Crippen LogP contribution < -0.4 is 10.6 Å². The van der Waals surface area contributed by atoms with Crippen LogP contribution in [0.25, 0.3) is 0 Å². The highest BCUT2D eigenvalue weighted by Gasteiger charge is 2.13. The second-order valence-corrected chi connectivity index (χ2v) is 3.65. The van der Waals surface area contributed by atoms with Gasteiger partial charge in [-0.15, -0.1) is 0 Å². The van der Waals surface area contributed by atoms with Gasteiger partial charge in [-0.25, -0.2) is 0 Å². The summed E-state index contributed by atoms with van der Waals surface area (Å²) in [5.41, 5.74) is 0. The number of amides is 1. The van der Waals surface area contributed by atoms with Gasteiger partial charge in [0.05, 0.1) is 0 Å². The van der Waals surface area contributed by atoms with Crippen molar-refractivity contribution in [2.24, 2.45) is 5.92 Å². The van der Waals surface area contributed by atoms with Crippen LogP contribution in [0.5, 0.6) is 0 Å². The van der Waals surface area contributed by atoms with Gasteiger partial charge in [-0.1, -0.05) is 6.92 Å². The zero-order valence-electron chi connectivity index (χ0n) is 9.59. The number of carbonyl (C=O) groups is 1. The van der Waals surface area contributed by atoms with Gasteiger partial charge in [0.1, 0.15) is 0 Å². The van der Waals surface area contributed by atoms with Gasteiger partial charge in [-0.2, -0.15) is 0 Å². The zero-order valence-corrected chi connectivity index (χ0v) is 9.59. The number of methoxy groups -OCH3 is 1. The van der Waals surface area contributed by atoms with E-state index in [0.717, 1.165) is 6.42 Å². The molecule has 0 radical (unpaired) electrons. The van der Waals surface area contributed by atoms with Gasteiger partial charge < -0.3 is 15.4 Å². The van der Waals surface area contributed by atoms with E-state index < -0.39 is 0 Å². The molecule has 84 valence electrons. The number of nitrogens with one attached hydrogen (secondary N) is 2. The van der Waals surface area contributed by atoms with Crippen molar-refractivity contribution in [1.82, 2.24) is 10.6 Å². The van der Waals surface area contributed by atoms with Gasteiger partial charge in [0.25, 0.3) is 0 Å². The summed E-state index contributed by atoms with van der Waals surface area (Å²) in [6, 6.07) is 0.182. The third kappa shape index (κ3) is 5.94. The fourth-order valence-corrected chi connectivity index (χ4v) is 1.15. The molecule has 1 amide bonds. The predicted molar refractivity (Wildman–Crippen MR) is 57.2 cm³/mol. The lowest BCUT2D eigenvalue weighted by Crippen LogP contribution is -2.39. The summed E-state index contributed by atoms with van der Waals surface area (Å²) >= 11 is 0. The van der Waals surface area contributed by atoms with Crippen LogP contribution in [-0.2, 0) is 9.53 Å². The molecule has 0 rings (SSSR count). The molecule has 0 saturated carbocycles. The smallest absolute Gasteiger partial charge is 0.224 e.